The molecule has 0 radical (unpaired) electrons. The molecule has 0 saturated carbocycles. The van der Waals surface area contributed by atoms with Crippen molar-refractivity contribution < 1.29 is 18.7 Å². The van der Waals surface area contributed by atoms with Crippen molar-refractivity contribution in [3.05, 3.63) is 11.6 Å². The zero-order valence-electron chi connectivity index (χ0n) is 16.1. The molecule has 0 aromatic heterocycles. The van der Waals surface area contributed by atoms with Crippen LogP contribution in [0.25, 0.3) is 0 Å². The van der Waals surface area contributed by atoms with Gasteiger partial charge in [-0.15, -0.1) is 0 Å². The second-order valence-corrected chi connectivity index (χ2v) is 13.2. The van der Waals surface area contributed by atoms with Crippen molar-refractivity contribution in [3.63, 3.8) is 0 Å². The summed E-state index contributed by atoms with van der Waals surface area (Å²) in [4.78, 5) is 10.7. The first kappa shape index (κ1) is 20.4. The van der Waals surface area contributed by atoms with Gasteiger partial charge >= 0.3 is 5.97 Å². The first-order valence-electron chi connectivity index (χ1n) is 8.48. The molecular formula is C18H34O4Si. The summed E-state index contributed by atoms with van der Waals surface area (Å²) in [7, 11) is -1.72. The number of esters is 1. The molecule has 0 N–H and O–H groups in total. The van der Waals surface area contributed by atoms with E-state index in [1.54, 1.807) is 0 Å². The fourth-order valence-corrected chi connectivity index (χ4v) is 3.16. The Morgan fingerprint density at radius 2 is 1.91 bits per heavy atom. The normalized spacial score (nSPS) is 25.4. The van der Waals surface area contributed by atoms with Crippen molar-refractivity contribution in [2.24, 2.45) is 0 Å². The quantitative estimate of drug-likeness (QED) is 0.283. The van der Waals surface area contributed by atoms with Crippen LogP contribution in [0.2, 0.25) is 18.1 Å². The Morgan fingerprint density at radius 1 is 1.30 bits per heavy atom. The van der Waals surface area contributed by atoms with Gasteiger partial charge in [0.2, 0.25) is 0 Å². The molecule has 1 saturated heterocycles. The third kappa shape index (κ3) is 6.40. The molecular weight excluding hydrogens is 308 g/mol. The average molecular weight is 343 g/mol. The summed E-state index contributed by atoms with van der Waals surface area (Å²) in [5, 5.41) is 0.226. The number of rotatable bonds is 8. The summed E-state index contributed by atoms with van der Waals surface area (Å²) in [5.74, 6) is -0.241. The lowest BCUT2D eigenvalue weighted by Crippen LogP contribution is -2.43. The van der Waals surface area contributed by atoms with Crippen molar-refractivity contribution in [1.82, 2.24) is 0 Å². The minimum Gasteiger partial charge on any atom is -0.462 e. The van der Waals surface area contributed by atoms with Crippen molar-refractivity contribution in [3.8, 4) is 0 Å². The number of epoxide rings is 1. The van der Waals surface area contributed by atoms with Crippen LogP contribution >= 0.6 is 0 Å². The minimum absolute atomic E-state index is 0.133. The molecule has 1 aliphatic rings. The molecule has 2 unspecified atom stereocenters. The van der Waals surface area contributed by atoms with Gasteiger partial charge in [-0.2, -0.15) is 0 Å². The van der Waals surface area contributed by atoms with E-state index in [9.17, 15) is 4.79 Å². The van der Waals surface area contributed by atoms with E-state index >= 15 is 0 Å². The Labute approximate surface area is 142 Å². The maximum atomic E-state index is 10.7. The van der Waals surface area contributed by atoms with Crippen LogP contribution in [0.15, 0.2) is 11.6 Å². The Hall–Kier alpha value is -0.653. The predicted octanol–water partition coefficient (Wildman–Crippen LogP) is 4.46. The summed E-state index contributed by atoms with van der Waals surface area (Å²) in [6.07, 6.45) is 4.18. The third-order valence-electron chi connectivity index (χ3n) is 5.08. The van der Waals surface area contributed by atoms with Gasteiger partial charge in [0.15, 0.2) is 8.32 Å². The van der Waals surface area contributed by atoms with E-state index in [2.05, 4.69) is 47.7 Å². The van der Waals surface area contributed by atoms with Crippen molar-refractivity contribution in [1.29, 1.82) is 0 Å². The molecule has 1 fully saturated rings. The molecule has 4 nitrogen and oxygen atoms in total. The fourth-order valence-electron chi connectivity index (χ4n) is 2.08. The number of allylic oxidation sites excluding steroid dienone is 1. The lowest BCUT2D eigenvalue weighted by molar-refractivity contribution is -0.139. The highest BCUT2D eigenvalue weighted by atomic mass is 28.4. The van der Waals surface area contributed by atoms with Crippen LogP contribution in [0, 0.1) is 0 Å². The fraction of sp³-hybridized carbons (Fsp3) is 0.833. The summed E-state index contributed by atoms with van der Waals surface area (Å²) >= 11 is 0. The number of hydrogen-bond acceptors (Lipinski definition) is 4. The van der Waals surface area contributed by atoms with Gasteiger partial charge in [-0.3, -0.25) is 4.79 Å². The average Bonchev–Trinajstić information content (AvgIpc) is 3.04. The van der Waals surface area contributed by atoms with Gasteiger partial charge in [0.25, 0.3) is 0 Å². The summed E-state index contributed by atoms with van der Waals surface area (Å²) in [5.41, 5.74) is 1.10. The van der Waals surface area contributed by atoms with Gasteiger partial charge in [-0.25, -0.2) is 0 Å². The molecule has 0 bridgehead atoms. The van der Waals surface area contributed by atoms with Crippen LogP contribution < -0.4 is 0 Å². The Balaban J connectivity index is 2.34. The topological polar surface area (TPSA) is 48.1 Å². The lowest BCUT2D eigenvalue weighted by Gasteiger charge is -2.36. The van der Waals surface area contributed by atoms with Crippen LogP contribution in [0.3, 0.4) is 0 Å². The SMILES string of the molecule is CC(=O)OC/C=C(\C)CCC1OC1(C)CO[Si](C)(C)C(C)(C)C. The van der Waals surface area contributed by atoms with E-state index in [-0.39, 0.29) is 22.7 Å². The number of carbonyl (C=O) groups is 1. The van der Waals surface area contributed by atoms with Gasteiger partial charge < -0.3 is 13.9 Å². The van der Waals surface area contributed by atoms with Crippen LogP contribution in [0.5, 0.6) is 0 Å². The molecule has 0 amide bonds. The number of carbonyl (C=O) groups excluding carboxylic acids is 1. The molecule has 5 heteroatoms. The highest BCUT2D eigenvalue weighted by Crippen LogP contribution is 2.43. The van der Waals surface area contributed by atoms with Crippen molar-refractivity contribution in [2.45, 2.75) is 84.2 Å². The van der Waals surface area contributed by atoms with E-state index < -0.39 is 8.32 Å². The molecule has 134 valence electrons. The molecule has 1 heterocycles. The van der Waals surface area contributed by atoms with E-state index in [4.69, 9.17) is 13.9 Å². The maximum Gasteiger partial charge on any atom is 0.302 e. The molecule has 0 aromatic carbocycles. The molecule has 1 aliphatic heterocycles. The highest BCUT2D eigenvalue weighted by Gasteiger charge is 2.53. The van der Waals surface area contributed by atoms with Gasteiger partial charge in [0.1, 0.15) is 12.2 Å². The molecule has 0 aromatic rings. The first-order valence-corrected chi connectivity index (χ1v) is 11.4. The second-order valence-electron chi connectivity index (χ2n) is 8.36. The van der Waals surface area contributed by atoms with Crippen LogP contribution in [-0.2, 0) is 18.7 Å². The number of hydrogen-bond donors (Lipinski definition) is 0. The maximum absolute atomic E-state index is 10.7. The molecule has 0 spiro atoms. The van der Waals surface area contributed by atoms with Crippen LogP contribution in [0.1, 0.15) is 54.4 Å². The highest BCUT2D eigenvalue weighted by molar-refractivity contribution is 6.74. The van der Waals surface area contributed by atoms with Crippen LogP contribution in [-0.4, -0.2) is 39.2 Å². The van der Waals surface area contributed by atoms with E-state index in [1.165, 1.54) is 12.5 Å². The molecule has 2 atom stereocenters. The molecule has 23 heavy (non-hydrogen) atoms. The summed E-state index contributed by atoms with van der Waals surface area (Å²) < 4.78 is 17.1. The van der Waals surface area contributed by atoms with Gasteiger partial charge in [0, 0.05) is 6.92 Å². The Morgan fingerprint density at radius 3 is 2.43 bits per heavy atom. The van der Waals surface area contributed by atoms with Crippen molar-refractivity contribution in [2.75, 3.05) is 13.2 Å². The monoisotopic (exact) mass is 342 g/mol. The van der Waals surface area contributed by atoms with Crippen molar-refractivity contribution >= 4 is 14.3 Å². The Bertz CT molecular complexity index is 450. The van der Waals surface area contributed by atoms with E-state index in [1.807, 2.05) is 6.08 Å². The minimum atomic E-state index is -1.72. The third-order valence-corrected chi connectivity index (χ3v) is 9.56. The predicted molar refractivity (Wildman–Crippen MR) is 96.1 cm³/mol. The first-order chi connectivity index (χ1) is 10.4. The standard InChI is InChI=1S/C18H34O4Si/c1-14(11-12-20-15(2)19)9-10-16-18(6,22-16)13-21-23(7,8)17(3,4)5/h11,16H,9-10,12-13H2,1-8H3/b14-11+. The zero-order chi connectivity index (χ0) is 17.9. The molecule has 0 aliphatic carbocycles. The van der Waals surface area contributed by atoms with E-state index in [0.717, 1.165) is 12.8 Å². The molecule has 1 rings (SSSR count). The van der Waals surface area contributed by atoms with Gasteiger partial charge in [-0.05, 0) is 50.9 Å². The largest absolute Gasteiger partial charge is 0.462 e. The summed E-state index contributed by atoms with van der Waals surface area (Å²) in [6.45, 7) is 18.0. The van der Waals surface area contributed by atoms with E-state index in [0.29, 0.717) is 13.2 Å². The smallest absolute Gasteiger partial charge is 0.302 e. The van der Waals surface area contributed by atoms with Gasteiger partial charge in [-0.1, -0.05) is 26.3 Å². The summed E-state index contributed by atoms with van der Waals surface area (Å²) in [6, 6.07) is 0. The lowest BCUT2D eigenvalue weighted by atomic mass is 10.0. The van der Waals surface area contributed by atoms with Gasteiger partial charge in [0.05, 0.1) is 12.7 Å². The zero-order valence-corrected chi connectivity index (χ0v) is 17.1. The number of ether oxygens (including phenoxy) is 2. The Kier molecular flexibility index (Phi) is 6.64. The van der Waals surface area contributed by atoms with Crippen LogP contribution in [0.4, 0.5) is 0 Å². The second kappa shape index (κ2) is 7.49.